The van der Waals surface area contributed by atoms with Gasteiger partial charge in [0.05, 0.1) is 16.4 Å². The smallest absolute Gasteiger partial charge is 0.305 e. The van der Waals surface area contributed by atoms with Crippen molar-refractivity contribution < 1.29 is 9.53 Å². The van der Waals surface area contributed by atoms with E-state index < -0.39 is 0 Å². The molecule has 5 nitrogen and oxygen atoms in total. The Morgan fingerprint density at radius 1 is 0.739 bits per heavy atom. The Balaban J connectivity index is 0.983. The lowest BCUT2D eigenvalue weighted by Gasteiger charge is -2.36. The molecule has 0 unspecified atom stereocenters. The maximum absolute atomic E-state index is 12.2. The number of esters is 1. The van der Waals surface area contributed by atoms with Crippen LogP contribution in [-0.2, 0) is 9.53 Å². The fraction of sp³-hybridized carbons (Fsp3) is 0.615. The van der Waals surface area contributed by atoms with Crippen LogP contribution in [0.2, 0.25) is 5.02 Å². The topological polar surface area (TPSA) is 36.0 Å². The van der Waals surface area contributed by atoms with Crippen LogP contribution in [0.1, 0.15) is 103 Å². The molecule has 46 heavy (non-hydrogen) atoms. The van der Waals surface area contributed by atoms with E-state index in [2.05, 4.69) is 64.1 Å². The zero-order valence-corrected chi connectivity index (χ0v) is 30.0. The highest BCUT2D eigenvalue weighted by molar-refractivity contribution is 7.99. The number of fused-ring (bicyclic) bond motifs is 2. The van der Waals surface area contributed by atoms with Crippen LogP contribution in [0, 0.1) is 0 Å². The molecule has 2 aromatic rings. The molecule has 1 saturated heterocycles. The standard InChI is InChI=1S/C39H58ClN3O2S/c1-2-3-4-5-6-7-8-9-10-11-12-13-14-15-16-25-38(44)45-33-32-42-30-28-41(29-31-42)26-20-27-43-35-22-17-18-23-36(35)46-37-24-19-21-34(40)39(37)43/h9-10,17-19,21-24H,2-8,11-16,20,25-33H2,1H3. The van der Waals surface area contributed by atoms with Gasteiger partial charge in [-0.3, -0.25) is 9.69 Å². The van der Waals surface area contributed by atoms with Gasteiger partial charge in [0.1, 0.15) is 6.61 Å². The minimum atomic E-state index is -0.0318. The molecular weight excluding hydrogens is 610 g/mol. The molecule has 0 spiro atoms. The lowest BCUT2D eigenvalue weighted by atomic mass is 10.1. The summed E-state index contributed by atoms with van der Waals surface area (Å²) in [4.78, 5) is 22.1. The molecule has 2 aliphatic heterocycles. The van der Waals surface area contributed by atoms with Gasteiger partial charge in [-0.25, -0.2) is 0 Å². The van der Waals surface area contributed by atoms with Crippen LogP contribution in [0.25, 0.3) is 0 Å². The molecule has 0 amide bonds. The van der Waals surface area contributed by atoms with Crippen molar-refractivity contribution in [3.05, 3.63) is 59.6 Å². The number of rotatable bonds is 22. The molecular formula is C39H58ClN3O2S. The lowest BCUT2D eigenvalue weighted by molar-refractivity contribution is -0.144. The Kier molecular flexibility index (Phi) is 17.5. The predicted molar refractivity (Wildman–Crippen MR) is 197 cm³/mol. The summed E-state index contributed by atoms with van der Waals surface area (Å²) in [6.07, 6.45) is 22.9. The van der Waals surface area contributed by atoms with Gasteiger partial charge in [-0.05, 0) is 69.3 Å². The summed E-state index contributed by atoms with van der Waals surface area (Å²) >= 11 is 8.49. The summed E-state index contributed by atoms with van der Waals surface area (Å²) < 4.78 is 5.57. The van der Waals surface area contributed by atoms with Crippen LogP contribution in [-0.4, -0.2) is 68.2 Å². The molecule has 0 aromatic heterocycles. The first-order valence-electron chi connectivity index (χ1n) is 18.2. The van der Waals surface area contributed by atoms with Crippen molar-refractivity contribution in [1.82, 2.24) is 9.80 Å². The number of hydrogen-bond acceptors (Lipinski definition) is 6. The lowest BCUT2D eigenvalue weighted by Crippen LogP contribution is -2.47. The molecule has 0 atom stereocenters. The van der Waals surface area contributed by atoms with Crippen molar-refractivity contribution in [3.8, 4) is 0 Å². The van der Waals surface area contributed by atoms with E-state index in [1.54, 1.807) is 11.8 Å². The maximum Gasteiger partial charge on any atom is 0.305 e. The summed E-state index contributed by atoms with van der Waals surface area (Å²) in [6.45, 7) is 9.83. The van der Waals surface area contributed by atoms with Gasteiger partial charge in [0.15, 0.2) is 0 Å². The number of anilines is 2. The highest BCUT2D eigenvalue weighted by Gasteiger charge is 2.25. The average molecular weight is 668 g/mol. The van der Waals surface area contributed by atoms with E-state index in [4.69, 9.17) is 16.3 Å². The quantitative estimate of drug-likeness (QED) is 0.0706. The number of halogens is 1. The van der Waals surface area contributed by atoms with Crippen LogP contribution in [0.4, 0.5) is 11.4 Å². The van der Waals surface area contributed by atoms with Gasteiger partial charge < -0.3 is 14.5 Å². The average Bonchev–Trinajstić information content (AvgIpc) is 3.07. The van der Waals surface area contributed by atoms with Crippen LogP contribution in [0.15, 0.2) is 64.4 Å². The van der Waals surface area contributed by atoms with Crippen LogP contribution < -0.4 is 4.90 Å². The van der Waals surface area contributed by atoms with Gasteiger partial charge >= 0.3 is 5.97 Å². The first-order valence-corrected chi connectivity index (χ1v) is 19.4. The molecule has 0 radical (unpaired) electrons. The molecule has 0 saturated carbocycles. The number of unbranched alkanes of at least 4 members (excludes halogenated alkanes) is 11. The molecule has 7 heteroatoms. The second-order valence-electron chi connectivity index (χ2n) is 12.9. The van der Waals surface area contributed by atoms with Crippen molar-refractivity contribution in [2.45, 2.75) is 113 Å². The second kappa shape index (κ2) is 21.8. The van der Waals surface area contributed by atoms with Gasteiger partial charge in [-0.1, -0.05) is 112 Å². The number of nitrogens with zero attached hydrogens (tertiary/aromatic N) is 3. The number of benzene rings is 2. The third kappa shape index (κ3) is 12.9. The minimum Gasteiger partial charge on any atom is -0.464 e. The monoisotopic (exact) mass is 667 g/mol. The van der Waals surface area contributed by atoms with Crippen LogP contribution in [0.3, 0.4) is 0 Å². The van der Waals surface area contributed by atoms with E-state index in [1.165, 1.54) is 86.1 Å². The zero-order chi connectivity index (χ0) is 32.2. The van der Waals surface area contributed by atoms with E-state index >= 15 is 0 Å². The van der Waals surface area contributed by atoms with Crippen LogP contribution in [0.5, 0.6) is 0 Å². The van der Waals surface area contributed by atoms with Crippen molar-refractivity contribution >= 4 is 40.7 Å². The number of allylic oxidation sites excluding steroid dienone is 2. The Bertz CT molecular complexity index is 1180. The number of para-hydroxylation sites is 2. The zero-order valence-electron chi connectivity index (χ0n) is 28.4. The highest BCUT2D eigenvalue weighted by Crippen LogP contribution is 2.50. The Labute approximate surface area is 289 Å². The summed E-state index contributed by atoms with van der Waals surface area (Å²) in [6, 6.07) is 14.8. The van der Waals surface area contributed by atoms with Gasteiger partial charge in [-0.15, -0.1) is 0 Å². The largest absolute Gasteiger partial charge is 0.464 e. The van der Waals surface area contributed by atoms with Crippen molar-refractivity contribution in [2.24, 2.45) is 0 Å². The van der Waals surface area contributed by atoms with Crippen LogP contribution >= 0.6 is 23.4 Å². The Morgan fingerprint density at radius 3 is 2.11 bits per heavy atom. The van der Waals surface area contributed by atoms with Crippen molar-refractivity contribution in [3.63, 3.8) is 0 Å². The predicted octanol–water partition coefficient (Wildman–Crippen LogP) is 10.5. The summed E-state index contributed by atoms with van der Waals surface area (Å²) in [7, 11) is 0. The molecule has 254 valence electrons. The van der Waals surface area contributed by atoms with Gasteiger partial charge in [0.2, 0.25) is 0 Å². The fourth-order valence-corrected chi connectivity index (χ4v) is 7.93. The SMILES string of the molecule is CCCCCCCCC=CCCCCCCCC(=O)OCCN1CCN(CCCN2c3ccccc3Sc3cccc(Cl)c32)CC1. The molecule has 0 N–H and O–H groups in total. The fourth-order valence-electron chi connectivity index (χ4n) is 6.47. The van der Waals surface area contributed by atoms with Gasteiger partial charge in [0, 0.05) is 55.5 Å². The van der Waals surface area contributed by atoms with Crippen molar-refractivity contribution in [2.75, 3.05) is 57.3 Å². The molecule has 1 fully saturated rings. The Morgan fingerprint density at radius 2 is 1.37 bits per heavy atom. The van der Waals surface area contributed by atoms with E-state index in [0.29, 0.717) is 13.0 Å². The molecule has 4 rings (SSSR count). The number of carbonyl (C=O) groups excluding carboxylic acids is 1. The summed E-state index contributed by atoms with van der Waals surface area (Å²) in [5.41, 5.74) is 2.40. The highest BCUT2D eigenvalue weighted by atomic mass is 35.5. The number of ether oxygens (including phenoxy) is 1. The van der Waals surface area contributed by atoms with E-state index in [9.17, 15) is 4.79 Å². The molecule has 2 heterocycles. The maximum atomic E-state index is 12.2. The first kappa shape index (κ1) is 36.8. The number of hydrogen-bond donors (Lipinski definition) is 0. The minimum absolute atomic E-state index is 0.0318. The van der Waals surface area contributed by atoms with E-state index in [1.807, 2.05) is 12.1 Å². The normalized spacial score (nSPS) is 15.3. The summed E-state index contributed by atoms with van der Waals surface area (Å²) in [5, 5.41) is 0.821. The molecule has 2 aromatic carbocycles. The summed E-state index contributed by atoms with van der Waals surface area (Å²) in [5.74, 6) is -0.0318. The molecule has 0 bridgehead atoms. The third-order valence-corrected chi connectivity index (χ3v) is 10.6. The number of piperazine rings is 1. The third-order valence-electron chi connectivity index (χ3n) is 9.23. The molecule has 0 aliphatic carbocycles. The van der Waals surface area contributed by atoms with Crippen molar-refractivity contribution in [1.29, 1.82) is 0 Å². The Hall–Kier alpha value is -1.99. The second-order valence-corrected chi connectivity index (χ2v) is 14.4. The first-order chi connectivity index (χ1) is 22.7. The van der Waals surface area contributed by atoms with E-state index in [0.717, 1.165) is 75.8 Å². The number of carbonyl (C=O) groups is 1. The molecule has 2 aliphatic rings. The van der Waals surface area contributed by atoms with E-state index in [-0.39, 0.29) is 5.97 Å². The van der Waals surface area contributed by atoms with Gasteiger partial charge in [-0.2, -0.15) is 0 Å². The van der Waals surface area contributed by atoms with Gasteiger partial charge in [0.25, 0.3) is 0 Å².